The van der Waals surface area contributed by atoms with Crippen molar-refractivity contribution >= 4 is 12.4 Å². The lowest BCUT2D eigenvalue weighted by molar-refractivity contribution is 0.301. The second kappa shape index (κ2) is 9.05. The van der Waals surface area contributed by atoms with Gasteiger partial charge in [-0.05, 0) is 36.8 Å². The minimum atomic E-state index is 0. The zero-order chi connectivity index (χ0) is 15.9. The zero-order valence-electron chi connectivity index (χ0n) is 13.4. The number of hydrogen-bond donors (Lipinski definition) is 1. The van der Waals surface area contributed by atoms with Crippen molar-refractivity contribution in [2.75, 3.05) is 0 Å². The third kappa shape index (κ3) is 5.37. The Morgan fingerprint density at radius 1 is 1.04 bits per heavy atom. The smallest absolute Gasteiger partial charge is 0.133 e. The average Bonchev–Trinajstić information content (AvgIpc) is 3.00. The van der Waals surface area contributed by atoms with Crippen LogP contribution in [0.2, 0.25) is 0 Å². The highest BCUT2D eigenvalue weighted by Gasteiger charge is 2.01. The van der Waals surface area contributed by atoms with E-state index in [9.17, 15) is 0 Å². The van der Waals surface area contributed by atoms with Gasteiger partial charge >= 0.3 is 0 Å². The number of nitrogens with one attached hydrogen (secondary N) is 1. The fraction of sp³-hybridized carbons (Fsp3) is 0.222. The van der Waals surface area contributed by atoms with Gasteiger partial charge in [-0.1, -0.05) is 23.4 Å². The van der Waals surface area contributed by atoms with Gasteiger partial charge < -0.3 is 14.6 Å². The van der Waals surface area contributed by atoms with Gasteiger partial charge in [-0.15, -0.1) is 12.4 Å². The Hall–Kier alpha value is -2.37. The highest BCUT2D eigenvalue weighted by molar-refractivity contribution is 5.85. The molecule has 126 valence electrons. The molecule has 0 amide bonds. The van der Waals surface area contributed by atoms with Gasteiger partial charge in [0.1, 0.15) is 18.1 Å². The first-order valence-corrected chi connectivity index (χ1v) is 7.54. The maximum atomic E-state index is 5.78. The molecule has 2 heterocycles. The summed E-state index contributed by atoms with van der Waals surface area (Å²) in [6.45, 7) is 3.78. The molecule has 1 N–H and O–H groups in total. The maximum Gasteiger partial charge on any atom is 0.133 e. The van der Waals surface area contributed by atoms with E-state index in [1.165, 1.54) is 0 Å². The summed E-state index contributed by atoms with van der Waals surface area (Å²) in [4.78, 5) is 4.25. The zero-order valence-corrected chi connectivity index (χ0v) is 14.3. The molecule has 3 aromatic rings. The van der Waals surface area contributed by atoms with Crippen molar-refractivity contribution in [1.29, 1.82) is 0 Å². The standard InChI is InChI=1S/C18H19N3O2.ClH/c1-14-9-17(21-23-14)12-19-11-15-5-4-7-18(10-15)22-13-16-6-2-3-8-20-16;/h2-10,19H,11-13H2,1H3;1H. The van der Waals surface area contributed by atoms with Gasteiger partial charge in [-0.25, -0.2) is 0 Å². The van der Waals surface area contributed by atoms with Crippen LogP contribution >= 0.6 is 12.4 Å². The summed E-state index contributed by atoms with van der Waals surface area (Å²) in [5.41, 5.74) is 2.98. The fourth-order valence-corrected chi connectivity index (χ4v) is 2.22. The summed E-state index contributed by atoms with van der Waals surface area (Å²) in [6.07, 6.45) is 1.77. The van der Waals surface area contributed by atoms with E-state index >= 15 is 0 Å². The minimum Gasteiger partial charge on any atom is -0.487 e. The molecular formula is C18H20ClN3O2. The van der Waals surface area contributed by atoms with Crippen LogP contribution in [0.25, 0.3) is 0 Å². The Morgan fingerprint density at radius 3 is 2.71 bits per heavy atom. The summed E-state index contributed by atoms with van der Waals surface area (Å²) < 4.78 is 10.8. The van der Waals surface area contributed by atoms with Crippen molar-refractivity contribution in [2.24, 2.45) is 0 Å². The van der Waals surface area contributed by atoms with E-state index < -0.39 is 0 Å². The summed E-state index contributed by atoms with van der Waals surface area (Å²) in [5, 5.41) is 7.30. The second-order valence-corrected chi connectivity index (χ2v) is 5.29. The maximum absolute atomic E-state index is 5.78. The molecule has 0 saturated heterocycles. The van der Waals surface area contributed by atoms with Crippen molar-refractivity contribution in [2.45, 2.75) is 26.6 Å². The first-order chi connectivity index (χ1) is 11.3. The van der Waals surface area contributed by atoms with Gasteiger partial charge in [0.25, 0.3) is 0 Å². The topological polar surface area (TPSA) is 60.2 Å². The van der Waals surface area contributed by atoms with Crippen LogP contribution in [0.4, 0.5) is 0 Å². The van der Waals surface area contributed by atoms with Crippen LogP contribution in [0.3, 0.4) is 0 Å². The lowest BCUT2D eigenvalue weighted by atomic mass is 10.2. The first kappa shape index (κ1) is 18.0. The van der Waals surface area contributed by atoms with E-state index in [-0.39, 0.29) is 12.4 Å². The molecule has 0 aliphatic heterocycles. The van der Waals surface area contributed by atoms with Crippen LogP contribution in [-0.2, 0) is 19.7 Å². The number of nitrogens with zero attached hydrogens (tertiary/aromatic N) is 2. The van der Waals surface area contributed by atoms with Gasteiger partial charge in [-0.2, -0.15) is 0 Å². The number of pyridine rings is 1. The molecule has 0 bridgehead atoms. The number of aromatic nitrogens is 2. The third-order valence-corrected chi connectivity index (χ3v) is 3.32. The number of rotatable bonds is 7. The second-order valence-electron chi connectivity index (χ2n) is 5.29. The largest absolute Gasteiger partial charge is 0.487 e. The molecule has 0 saturated carbocycles. The number of halogens is 1. The molecule has 0 fully saturated rings. The molecule has 0 unspecified atom stereocenters. The molecule has 0 aliphatic rings. The van der Waals surface area contributed by atoms with Crippen LogP contribution < -0.4 is 10.1 Å². The van der Waals surface area contributed by atoms with E-state index in [1.807, 2.05) is 49.4 Å². The van der Waals surface area contributed by atoms with Gasteiger partial charge in [0.15, 0.2) is 0 Å². The van der Waals surface area contributed by atoms with Gasteiger partial charge in [0.05, 0.1) is 11.4 Å². The first-order valence-electron chi connectivity index (χ1n) is 7.54. The molecule has 2 aromatic heterocycles. The van der Waals surface area contributed by atoms with Gasteiger partial charge in [0, 0.05) is 25.4 Å². The van der Waals surface area contributed by atoms with E-state index in [2.05, 4.69) is 21.5 Å². The van der Waals surface area contributed by atoms with E-state index in [0.717, 1.165) is 35.0 Å². The molecule has 0 aliphatic carbocycles. The number of ether oxygens (including phenoxy) is 1. The van der Waals surface area contributed by atoms with Crippen LogP contribution in [-0.4, -0.2) is 10.1 Å². The Labute approximate surface area is 147 Å². The quantitative estimate of drug-likeness (QED) is 0.708. The van der Waals surface area contributed by atoms with Gasteiger partial charge in [0.2, 0.25) is 0 Å². The Bertz CT molecular complexity index is 747. The lowest BCUT2D eigenvalue weighted by Gasteiger charge is -2.08. The summed E-state index contributed by atoms with van der Waals surface area (Å²) >= 11 is 0. The van der Waals surface area contributed by atoms with E-state index in [0.29, 0.717) is 13.2 Å². The van der Waals surface area contributed by atoms with Gasteiger partial charge in [-0.3, -0.25) is 4.98 Å². The fourth-order valence-electron chi connectivity index (χ4n) is 2.22. The van der Waals surface area contributed by atoms with Crippen LogP contribution in [0, 0.1) is 6.92 Å². The molecule has 5 nitrogen and oxygen atoms in total. The average molecular weight is 346 g/mol. The van der Waals surface area contributed by atoms with Crippen molar-refractivity contribution < 1.29 is 9.26 Å². The monoisotopic (exact) mass is 345 g/mol. The number of aryl methyl sites for hydroxylation is 1. The Kier molecular flexibility index (Phi) is 6.78. The highest BCUT2D eigenvalue weighted by Crippen LogP contribution is 2.15. The molecular weight excluding hydrogens is 326 g/mol. The summed E-state index contributed by atoms with van der Waals surface area (Å²) in [5.74, 6) is 1.67. The normalized spacial score (nSPS) is 10.2. The van der Waals surface area contributed by atoms with E-state index in [1.54, 1.807) is 6.20 Å². The molecule has 6 heteroatoms. The van der Waals surface area contributed by atoms with Crippen LogP contribution in [0.1, 0.15) is 22.7 Å². The third-order valence-electron chi connectivity index (χ3n) is 3.32. The molecule has 3 rings (SSSR count). The number of hydrogen-bond acceptors (Lipinski definition) is 5. The lowest BCUT2D eigenvalue weighted by Crippen LogP contribution is -2.12. The van der Waals surface area contributed by atoms with Crippen molar-refractivity contribution in [3.63, 3.8) is 0 Å². The minimum absolute atomic E-state index is 0. The van der Waals surface area contributed by atoms with Crippen LogP contribution in [0.5, 0.6) is 5.75 Å². The van der Waals surface area contributed by atoms with Crippen molar-refractivity contribution in [3.05, 3.63) is 77.4 Å². The Balaban J connectivity index is 0.00000208. The predicted molar refractivity (Wildman–Crippen MR) is 94.0 cm³/mol. The molecule has 0 atom stereocenters. The molecule has 24 heavy (non-hydrogen) atoms. The SMILES string of the molecule is Cc1cc(CNCc2cccc(OCc3ccccn3)c2)no1.Cl. The highest BCUT2D eigenvalue weighted by atomic mass is 35.5. The predicted octanol–water partition coefficient (Wildman–Crippen LogP) is 3.67. The molecule has 0 spiro atoms. The van der Waals surface area contributed by atoms with Crippen molar-refractivity contribution in [3.8, 4) is 5.75 Å². The summed E-state index contributed by atoms with van der Waals surface area (Å²) in [6, 6.07) is 15.8. The number of benzene rings is 1. The summed E-state index contributed by atoms with van der Waals surface area (Å²) in [7, 11) is 0. The Morgan fingerprint density at radius 2 is 1.96 bits per heavy atom. The van der Waals surface area contributed by atoms with Crippen LogP contribution in [0.15, 0.2) is 59.3 Å². The van der Waals surface area contributed by atoms with E-state index in [4.69, 9.17) is 9.26 Å². The molecule has 1 aromatic carbocycles. The molecule has 0 radical (unpaired) electrons. The van der Waals surface area contributed by atoms with Crippen molar-refractivity contribution in [1.82, 2.24) is 15.5 Å².